The predicted octanol–water partition coefficient (Wildman–Crippen LogP) is 2.39. The van der Waals surface area contributed by atoms with Crippen LogP contribution in [0, 0.1) is 11.3 Å². The molecule has 1 nitrogen and oxygen atoms in total. The van der Waals surface area contributed by atoms with Crippen LogP contribution in [-0.2, 0) is 4.79 Å². The molecular weight excluding hydrogens is 192 g/mol. The van der Waals surface area contributed by atoms with Gasteiger partial charge in [-0.25, -0.2) is 0 Å². The SMILES string of the molecule is CC(C)(C(=O)CBr)C1CC1. The molecule has 10 heavy (non-hydrogen) atoms. The molecule has 0 bridgehead atoms. The first-order valence-corrected chi connectivity index (χ1v) is 4.80. The van der Waals surface area contributed by atoms with Gasteiger partial charge >= 0.3 is 0 Å². The Balaban J connectivity index is 2.56. The monoisotopic (exact) mass is 204 g/mol. The highest BCUT2D eigenvalue weighted by Crippen LogP contribution is 2.45. The van der Waals surface area contributed by atoms with E-state index in [9.17, 15) is 4.79 Å². The standard InChI is InChI=1S/C8H13BrO/c1-8(2,6-3-4-6)7(10)5-9/h6H,3-5H2,1-2H3. The first-order chi connectivity index (χ1) is 4.59. The van der Waals surface area contributed by atoms with Crippen molar-refractivity contribution >= 4 is 21.7 Å². The third-order valence-corrected chi connectivity index (χ3v) is 2.95. The summed E-state index contributed by atoms with van der Waals surface area (Å²) in [4.78, 5) is 11.3. The molecule has 0 radical (unpaired) electrons. The van der Waals surface area contributed by atoms with Gasteiger partial charge < -0.3 is 0 Å². The molecule has 1 fully saturated rings. The molecule has 0 atom stereocenters. The van der Waals surface area contributed by atoms with E-state index in [1.165, 1.54) is 12.8 Å². The highest BCUT2D eigenvalue weighted by Gasteiger charge is 2.42. The van der Waals surface area contributed by atoms with Crippen LogP contribution in [0.15, 0.2) is 0 Å². The number of Topliss-reactive ketones (excluding diaryl/α,β-unsaturated/α-hetero) is 1. The fourth-order valence-electron chi connectivity index (χ4n) is 1.20. The number of carbonyl (C=O) groups is 1. The lowest BCUT2D eigenvalue weighted by molar-refractivity contribution is -0.125. The van der Waals surface area contributed by atoms with Crippen molar-refractivity contribution < 1.29 is 4.79 Å². The lowest BCUT2D eigenvalue weighted by Gasteiger charge is -2.20. The van der Waals surface area contributed by atoms with E-state index >= 15 is 0 Å². The smallest absolute Gasteiger partial charge is 0.149 e. The maximum atomic E-state index is 11.3. The van der Waals surface area contributed by atoms with E-state index in [2.05, 4.69) is 15.9 Å². The Labute approximate surface area is 70.3 Å². The van der Waals surface area contributed by atoms with Crippen molar-refractivity contribution in [2.75, 3.05) is 5.33 Å². The van der Waals surface area contributed by atoms with Crippen LogP contribution in [0.1, 0.15) is 26.7 Å². The Kier molecular flexibility index (Phi) is 2.18. The van der Waals surface area contributed by atoms with Gasteiger partial charge in [-0.1, -0.05) is 29.8 Å². The number of carbonyl (C=O) groups excluding carboxylic acids is 1. The summed E-state index contributed by atoms with van der Waals surface area (Å²) in [5.41, 5.74) is -0.0660. The number of alkyl halides is 1. The largest absolute Gasteiger partial charge is 0.298 e. The Bertz CT molecular complexity index is 147. The number of hydrogen-bond acceptors (Lipinski definition) is 1. The molecule has 0 aromatic heterocycles. The van der Waals surface area contributed by atoms with Gasteiger partial charge in [0.2, 0.25) is 0 Å². The molecular formula is C8H13BrO. The van der Waals surface area contributed by atoms with Gasteiger partial charge in [0, 0.05) is 5.41 Å². The molecule has 1 rings (SSSR count). The van der Waals surface area contributed by atoms with Crippen LogP contribution >= 0.6 is 15.9 Å². The topological polar surface area (TPSA) is 17.1 Å². The summed E-state index contributed by atoms with van der Waals surface area (Å²) in [6, 6.07) is 0. The summed E-state index contributed by atoms with van der Waals surface area (Å²) in [7, 11) is 0. The van der Waals surface area contributed by atoms with Crippen molar-refractivity contribution in [2.24, 2.45) is 11.3 Å². The van der Waals surface area contributed by atoms with E-state index in [-0.39, 0.29) is 5.41 Å². The highest BCUT2D eigenvalue weighted by atomic mass is 79.9. The van der Waals surface area contributed by atoms with Crippen molar-refractivity contribution in [3.8, 4) is 0 Å². The van der Waals surface area contributed by atoms with Gasteiger partial charge in [0.15, 0.2) is 0 Å². The van der Waals surface area contributed by atoms with Crippen LogP contribution in [-0.4, -0.2) is 11.1 Å². The minimum Gasteiger partial charge on any atom is -0.298 e. The van der Waals surface area contributed by atoms with Crippen molar-refractivity contribution in [2.45, 2.75) is 26.7 Å². The van der Waals surface area contributed by atoms with Crippen molar-refractivity contribution in [1.82, 2.24) is 0 Å². The molecule has 0 aromatic carbocycles. The average molecular weight is 205 g/mol. The van der Waals surface area contributed by atoms with E-state index in [0.717, 1.165) is 0 Å². The van der Waals surface area contributed by atoms with Gasteiger partial charge in [0.1, 0.15) is 5.78 Å². The Hall–Kier alpha value is 0.150. The second kappa shape index (κ2) is 2.65. The third-order valence-electron chi connectivity index (χ3n) is 2.44. The molecule has 0 aromatic rings. The maximum absolute atomic E-state index is 11.3. The highest BCUT2D eigenvalue weighted by molar-refractivity contribution is 9.09. The summed E-state index contributed by atoms with van der Waals surface area (Å²) < 4.78 is 0. The van der Waals surface area contributed by atoms with Crippen molar-refractivity contribution in [1.29, 1.82) is 0 Å². The summed E-state index contributed by atoms with van der Waals surface area (Å²) in [6.07, 6.45) is 2.48. The van der Waals surface area contributed by atoms with Crippen molar-refractivity contribution in [3.05, 3.63) is 0 Å². The van der Waals surface area contributed by atoms with E-state index in [4.69, 9.17) is 0 Å². The van der Waals surface area contributed by atoms with Gasteiger partial charge in [0.25, 0.3) is 0 Å². The molecule has 0 unspecified atom stereocenters. The molecule has 0 aliphatic heterocycles. The van der Waals surface area contributed by atoms with Crippen LogP contribution in [0.5, 0.6) is 0 Å². The molecule has 0 heterocycles. The normalized spacial score (nSPS) is 19.1. The van der Waals surface area contributed by atoms with Crippen LogP contribution < -0.4 is 0 Å². The quantitative estimate of drug-likeness (QED) is 0.646. The fourth-order valence-corrected chi connectivity index (χ4v) is 1.93. The zero-order valence-corrected chi connectivity index (χ0v) is 8.07. The Morgan fingerprint density at radius 1 is 1.60 bits per heavy atom. The molecule has 58 valence electrons. The Morgan fingerprint density at radius 3 is 2.40 bits per heavy atom. The minimum absolute atomic E-state index is 0.0660. The molecule has 0 amide bonds. The van der Waals surface area contributed by atoms with Crippen LogP contribution in [0.3, 0.4) is 0 Å². The van der Waals surface area contributed by atoms with Gasteiger partial charge in [0.05, 0.1) is 5.33 Å². The first-order valence-electron chi connectivity index (χ1n) is 3.68. The first kappa shape index (κ1) is 8.25. The predicted molar refractivity (Wildman–Crippen MR) is 45.3 cm³/mol. The number of halogens is 1. The number of ketones is 1. The van der Waals surface area contributed by atoms with E-state index in [0.29, 0.717) is 17.0 Å². The van der Waals surface area contributed by atoms with E-state index in [1.807, 2.05) is 13.8 Å². The zero-order valence-electron chi connectivity index (χ0n) is 6.48. The minimum atomic E-state index is -0.0660. The fraction of sp³-hybridized carbons (Fsp3) is 0.875. The number of rotatable bonds is 3. The average Bonchev–Trinajstić information content (AvgIpc) is 2.66. The Morgan fingerprint density at radius 2 is 2.10 bits per heavy atom. The van der Waals surface area contributed by atoms with E-state index in [1.54, 1.807) is 0 Å². The molecule has 1 aliphatic carbocycles. The lowest BCUT2D eigenvalue weighted by Crippen LogP contribution is -2.27. The molecule has 0 saturated heterocycles. The zero-order chi connectivity index (χ0) is 7.78. The molecule has 1 aliphatic rings. The lowest BCUT2D eigenvalue weighted by atomic mass is 9.84. The van der Waals surface area contributed by atoms with Gasteiger partial charge in [-0.2, -0.15) is 0 Å². The maximum Gasteiger partial charge on any atom is 0.149 e. The second-order valence-electron chi connectivity index (χ2n) is 3.55. The number of hydrogen-bond donors (Lipinski definition) is 0. The van der Waals surface area contributed by atoms with E-state index < -0.39 is 0 Å². The van der Waals surface area contributed by atoms with Crippen molar-refractivity contribution in [3.63, 3.8) is 0 Å². The second-order valence-corrected chi connectivity index (χ2v) is 4.11. The molecule has 0 N–H and O–H groups in total. The molecule has 0 spiro atoms. The van der Waals surface area contributed by atoms with Gasteiger partial charge in [-0.05, 0) is 18.8 Å². The van der Waals surface area contributed by atoms with Crippen LogP contribution in [0.4, 0.5) is 0 Å². The summed E-state index contributed by atoms with van der Waals surface area (Å²) >= 11 is 3.20. The summed E-state index contributed by atoms with van der Waals surface area (Å²) in [5, 5.41) is 0.510. The molecule has 1 saturated carbocycles. The summed E-state index contributed by atoms with van der Waals surface area (Å²) in [6.45, 7) is 4.10. The van der Waals surface area contributed by atoms with Crippen LogP contribution in [0.25, 0.3) is 0 Å². The van der Waals surface area contributed by atoms with Gasteiger partial charge in [-0.15, -0.1) is 0 Å². The van der Waals surface area contributed by atoms with Crippen LogP contribution in [0.2, 0.25) is 0 Å². The third kappa shape index (κ3) is 1.42. The summed E-state index contributed by atoms with van der Waals surface area (Å²) in [5.74, 6) is 1.01. The molecule has 2 heteroatoms. The van der Waals surface area contributed by atoms with Gasteiger partial charge in [-0.3, -0.25) is 4.79 Å².